The van der Waals surface area contributed by atoms with Crippen molar-refractivity contribution in [2.75, 3.05) is 18.7 Å². The molecule has 1 aromatic heterocycles. The average molecular weight is 414 g/mol. The van der Waals surface area contributed by atoms with Crippen LogP contribution in [0.3, 0.4) is 0 Å². The SMILES string of the molecule is COc1ccc(-c2nnc(SCC(=O)NC34CC5CC(CC(C5)C3)C4)n2N)cc1. The van der Waals surface area contributed by atoms with Crippen LogP contribution in [0.15, 0.2) is 29.4 Å². The lowest BCUT2D eigenvalue weighted by Crippen LogP contribution is -2.60. The second-order valence-electron chi connectivity index (χ2n) is 8.94. The molecule has 6 rings (SSSR count). The Labute approximate surface area is 174 Å². The lowest BCUT2D eigenvalue weighted by molar-refractivity contribution is -0.124. The maximum Gasteiger partial charge on any atom is 0.230 e. The molecule has 0 saturated heterocycles. The number of aromatic nitrogens is 3. The molecule has 4 bridgehead atoms. The number of benzene rings is 1. The maximum absolute atomic E-state index is 12.7. The van der Waals surface area contributed by atoms with E-state index in [1.807, 2.05) is 24.3 Å². The number of hydrogen-bond donors (Lipinski definition) is 2. The number of nitrogens with two attached hydrogens (primary N) is 1. The average Bonchev–Trinajstić information content (AvgIpc) is 3.05. The topological polar surface area (TPSA) is 95.1 Å². The van der Waals surface area contributed by atoms with Gasteiger partial charge in [-0.2, -0.15) is 0 Å². The van der Waals surface area contributed by atoms with Crippen molar-refractivity contribution in [1.82, 2.24) is 20.2 Å². The summed E-state index contributed by atoms with van der Waals surface area (Å²) in [7, 11) is 1.63. The summed E-state index contributed by atoms with van der Waals surface area (Å²) < 4.78 is 6.63. The predicted octanol–water partition coefficient (Wildman–Crippen LogP) is 2.84. The van der Waals surface area contributed by atoms with E-state index < -0.39 is 0 Å². The third-order valence-corrected chi connectivity index (χ3v) is 7.73. The first-order valence-corrected chi connectivity index (χ1v) is 11.3. The predicted molar refractivity (Wildman–Crippen MR) is 112 cm³/mol. The zero-order valence-electron chi connectivity index (χ0n) is 16.6. The first-order chi connectivity index (χ1) is 14.0. The number of ether oxygens (including phenoxy) is 1. The van der Waals surface area contributed by atoms with Crippen molar-refractivity contribution in [1.29, 1.82) is 0 Å². The monoisotopic (exact) mass is 413 g/mol. The highest BCUT2D eigenvalue weighted by molar-refractivity contribution is 7.99. The van der Waals surface area contributed by atoms with Gasteiger partial charge in [0.1, 0.15) is 5.75 Å². The molecule has 2 aromatic rings. The van der Waals surface area contributed by atoms with Crippen molar-refractivity contribution >= 4 is 17.7 Å². The number of nitrogen functional groups attached to an aromatic ring is 1. The molecule has 4 fully saturated rings. The standard InChI is InChI=1S/C21H27N5O2S/c1-28-17-4-2-16(3-5-17)19-24-25-20(26(19)22)29-12-18(27)23-21-9-13-6-14(10-21)8-15(7-13)11-21/h2-5,13-15H,6-12,22H2,1H3,(H,23,27). The van der Waals surface area contributed by atoms with E-state index in [9.17, 15) is 4.79 Å². The Hall–Kier alpha value is -2.22. The summed E-state index contributed by atoms with van der Waals surface area (Å²) >= 11 is 1.33. The Balaban J connectivity index is 1.21. The normalized spacial score (nSPS) is 29.8. The van der Waals surface area contributed by atoms with Crippen LogP contribution in [0.25, 0.3) is 11.4 Å². The molecule has 4 aliphatic rings. The summed E-state index contributed by atoms with van der Waals surface area (Å²) in [6.45, 7) is 0. The van der Waals surface area contributed by atoms with Crippen LogP contribution in [0, 0.1) is 17.8 Å². The van der Waals surface area contributed by atoms with Crippen molar-refractivity contribution in [3.63, 3.8) is 0 Å². The first-order valence-electron chi connectivity index (χ1n) is 10.3. The van der Waals surface area contributed by atoms with E-state index in [1.165, 1.54) is 35.7 Å². The third-order valence-electron chi connectivity index (χ3n) is 6.79. The van der Waals surface area contributed by atoms with Crippen molar-refractivity contribution in [2.24, 2.45) is 17.8 Å². The summed E-state index contributed by atoms with van der Waals surface area (Å²) in [5.41, 5.74) is 0.891. The van der Waals surface area contributed by atoms with Gasteiger partial charge in [0, 0.05) is 11.1 Å². The number of rotatable bonds is 6. The maximum atomic E-state index is 12.7. The summed E-state index contributed by atoms with van der Waals surface area (Å²) in [6, 6.07) is 7.49. The highest BCUT2D eigenvalue weighted by atomic mass is 32.2. The number of carbonyl (C=O) groups is 1. The molecule has 0 spiro atoms. The Morgan fingerprint density at radius 1 is 1.17 bits per heavy atom. The van der Waals surface area contributed by atoms with Gasteiger partial charge in [-0.05, 0) is 80.5 Å². The zero-order chi connectivity index (χ0) is 20.0. The van der Waals surface area contributed by atoms with Crippen LogP contribution in [0.1, 0.15) is 38.5 Å². The summed E-state index contributed by atoms with van der Waals surface area (Å²) in [6.07, 6.45) is 7.58. The minimum absolute atomic E-state index is 0.0387. The molecule has 4 aliphatic carbocycles. The fraction of sp³-hybridized carbons (Fsp3) is 0.571. The van der Waals surface area contributed by atoms with Crippen LogP contribution in [0.2, 0.25) is 0 Å². The molecule has 1 aromatic carbocycles. The number of thioether (sulfide) groups is 1. The molecule has 0 unspecified atom stereocenters. The van der Waals surface area contributed by atoms with E-state index in [0.717, 1.165) is 48.3 Å². The highest BCUT2D eigenvalue weighted by Crippen LogP contribution is 2.55. The molecule has 0 aliphatic heterocycles. The van der Waals surface area contributed by atoms with Crippen LogP contribution in [-0.4, -0.2) is 39.2 Å². The fourth-order valence-electron chi connectivity index (χ4n) is 6.04. The fourth-order valence-corrected chi connectivity index (χ4v) is 6.69. The number of amides is 1. The molecule has 0 atom stereocenters. The molecule has 0 radical (unpaired) electrons. The van der Waals surface area contributed by atoms with Gasteiger partial charge in [0.25, 0.3) is 0 Å². The summed E-state index contributed by atoms with van der Waals surface area (Å²) in [5.74, 6) is 10.3. The quantitative estimate of drug-likeness (QED) is 0.559. The molecule has 8 heteroatoms. The number of methoxy groups -OCH3 is 1. The van der Waals surface area contributed by atoms with E-state index in [4.69, 9.17) is 10.6 Å². The Bertz CT molecular complexity index is 875. The van der Waals surface area contributed by atoms with Crippen molar-refractivity contribution in [3.05, 3.63) is 24.3 Å². The second-order valence-corrected chi connectivity index (χ2v) is 9.88. The number of carbonyl (C=O) groups excluding carboxylic acids is 1. The van der Waals surface area contributed by atoms with Crippen LogP contribution in [0.5, 0.6) is 5.75 Å². The van der Waals surface area contributed by atoms with E-state index in [1.54, 1.807) is 7.11 Å². The molecule has 4 saturated carbocycles. The Morgan fingerprint density at radius 2 is 1.79 bits per heavy atom. The van der Waals surface area contributed by atoms with Gasteiger partial charge in [0.15, 0.2) is 5.82 Å². The van der Waals surface area contributed by atoms with Gasteiger partial charge in [-0.25, -0.2) is 4.68 Å². The van der Waals surface area contributed by atoms with Crippen LogP contribution >= 0.6 is 11.8 Å². The number of hydrogen-bond acceptors (Lipinski definition) is 6. The van der Waals surface area contributed by atoms with Gasteiger partial charge in [-0.15, -0.1) is 10.2 Å². The molecule has 3 N–H and O–H groups in total. The lowest BCUT2D eigenvalue weighted by atomic mass is 9.53. The second kappa shape index (κ2) is 7.23. The Morgan fingerprint density at radius 3 is 2.38 bits per heavy atom. The molecular weight excluding hydrogens is 386 g/mol. The minimum Gasteiger partial charge on any atom is -0.497 e. The summed E-state index contributed by atoms with van der Waals surface area (Å²) in [4.78, 5) is 12.7. The Kier molecular flexibility index (Phi) is 4.69. The molecule has 154 valence electrons. The van der Waals surface area contributed by atoms with Crippen molar-refractivity contribution in [3.8, 4) is 17.1 Å². The smallest absolute Gasteiger partial charge is 0.230 e. The number of nitrogens with one attached hydrogen (secondary N) is 1. The first kappa shape index (κ1) is 18.8. The van der Waals surface area contributed by atoms with Crippen molar-refractivity contribution in [2.45, 2.75) is 49.2 Å². The van der Waals surface area contributed by atoms with Gasteiger partial charge in [0.05, 0.1) is 12.9 Å². The van der Waals surface area contributed by atoms with Crippen LogP contribution in [0.4, 0.5) is 0 Å². The highest BCUT2D eigenvalue weighted by Gasteiger charge is 2.51. The summed E-state index contributed by atoms with van der Waals surface area (Å²) in [5, 5.41) is 12.3. The molecular formula is C21H27N5O2S. The van der Waals surface area contributed by atoms with E-state index >= 15 is 0 Å². The zero-order valence-corrected chi connectivity index (χ0v) is 17.5. The minimum atomic E-state index is 0.0387. The van der Waals surface area contributed by atoms with Crippen LogP contribution < -0.4 is 15.9 Å². The third kappa shape index (κ3) is 3.58. The largest absolute Gasteiger partial charge is 0.497 e. The number of nitrogens with zero attached hydrogens (tertiary/aromatic N) is 3. The van der Waals surface area contributed by atoms with Gasteiger partial charge < -0.3 is 15.9 Å². The molecule has 1 heterocycles. The van der Waals surface area contributed by atoms with Crippen LogP contribution in [-0.2, 0) is 4.79 Å². The lowest BCUT2D eigenvalue weighted by Gasteiger charge is -2.56. The van der Waals surface area contributed by atoms with E-state index in [-0.39, 0.29) is 11.4 Å². The van der Waals surface area contributed by atoms with Gasteiger partial charge >= 0.3 is 0 Å². The molecule has 29 heavy (non-hydrogen) atoms. The van der Waals surface area contributed by atoms with Gasteiger partial charge in [0.2, 0.25) is 11.1 Å². The molecule has 7 nitrogen and oxygen atoms in total. The molecule has 1 amide bonds. The van der Waals surface area contributed by atoms with Crippen molar-refractivity contribution < 1.29 is 9.53 Å². The van der Waals surface area contributed by atoms with E-state index in [0.29, 0.717) is 16.7 Å². The van der Waals surface area contributed by atoms with E-state index in [2.05, 4.69) is 15.5 Å². The van der Waals surface area contributed by atoms with Gasteiger partial charge in [-0.3, -0.25) is 4.79 Å². The van der Waals surface area contributed by atoms with Gasteiger partial charge in [-0.1, -0.05) is 11.8 Å².